The van der Waals surface area contributed by atoms with Crippen molar-refractivity contribution in [3.63, 3.8) is 0 Å². The lowest BCUT2D eigenvalue weighted by Crippen LogP contribution is -2.40. The fourth-order valence-corrected chi connectivity index (χ4v) is 3.78. The lowest BCUT2D eigenvalue weighted by molar-refractivity contribution is 0.137. The summed E-state index contributed by atoms with van der Waals surface area (Å²) in [5.41, 5.74) is 2.31. The first-order valence-corrected chi connectivity index (χ1v) is 9.65. The Balaban J connectivity index is 1.92. The molecule has 0 saturated heterocycles. The molecular formula is C19H34N4O2. The summed E-state index contributed by atoms with van der Waals surface area (Å²) in [5, 5.41) is 20.2. The first-order valence-electron chi connectivity index (χ1n) is 9.65. The number of aliphatic hydroxyl groups is 1. The van der Waals surface area contributed by atoms with Gasteiger partial charge in [-0.25, -0.2) is 0 Å². The largest absolute Gasteiger partial charge is 0.396 e. The lowest BCUT2D eigenvalue weighted by Gasteiger charge is -2.35. The number of rotatable bonds is 8. The molecule has 1 saturated carbocycles. The van der Waals surface area contributed by atoms with Crippen LogP contribution in [0.1, 0.15) is 62.5 Å². The number of aliphatic imine (C=N–C) groups is 1. The fourth-order valence-electron chi connectivity index (χ4n) is 3.78. The molecule has 0 radical (unpaired) electrons. The molecule has 6 heteroatoms. The molecule has 0 bridgehead atoms. The molecule has 142 valence electrons. The predicted molar refractivity (Wildman–Crippen MR) is 101 cm³/mol. The molecule has 0 atom stereocenters. The third-order valence-corrected chi connectivity index (χ3v) is 5.32. The smallest absolute Gasteiger partial charge is 0.191 e. The van der Waals surface area contributed by atoms with Crippen molar-refractivity contribution < 1.29 is 9.63 Å². The summed E-state index contributed by atoms with van der Waals surface area (Å²) < 4.78 is 5.22. The maximum absolute atomic E-state index is 9.46. The normalized spacial score (nSPS) is 17.5. The average molecular weight is 351 g/mol. The van der Waals surface area contributed by atoms with Gasteiger partial charge in [0.25, 0.3) is 0 Å². The quantitative estimate of drug-likeness (QED) is 0.496. The Bertz CT molecular complexity index is 523. The van der Waals surface area contributed by atoms with Crippen LogP contribution >= 0.6 is 0 Å². The van der Waals surface area contributed by atoms with Crippen molar-refractivity contribution in [3.8, 4) is 0 Å². The number of nitrogens with zero attached hydrogens (tertiary/aromatic N) is 2. The van der Waals surface area contributed by atoms with Crippen LogP contribution in [0.5, 0.6) is 0 Å². The summed E-state index contributed by atoms with van der Waals surface area (Å²) in [5.74, 6) is 1.75. The Morgan fingerprint density at radius 3 is 2.60 bits per heavy atom. The van der Waals surface area contributed by atoms with E-state index in [1.165, 1.54) is 37.7 Å². The molecule has 25 heavy (non-hydrogen) atoms. The third-order valence-electron chi connectivity index (χ3n) is 5.32. The maximum Gasteiger partial charge on any atom is 0.191 e. The van der Waals surface area contributed by atoms with Crippen LogP contribution in [0.3, 0.4) is 0 Å². The number of aliphatic hydroxyl groups excluding tert-OH is 1. The van der Waals surface area contributed by atoms with Crippen LogP contribution < -0.4 is 10.6 Å². The molecule has 6 nitrogen and oxygen atoms in total. The molecule has 0 spiro atoms. The van der Waals surface area contributed by atoms with Crippen LogP contribution in [0.2, 0.25) is 0 Å². The van der Waals surface area contributed by atoms with Gasteiger partial charge in [0.1, 0.15) is 5.76 Å². The highest BCUT2D eigenvalue weighted by Crippen LogP contribution is 2.39. The molecule has 1 fully saturated rings. The van der Waals surface area contributed by atoms with Gasteiger partial charge >= 0.3 is 0 Å². The SMILES string of the molecule is CCNC(=NCC1(CCO)CCCCC1)NCCc1c(C)noc1C. The first kappa shape index (κ1) is 19.8. The summed E-state index contributed by atoms with van der Waals surface area (Å²) in [4.78, 5) is 4.84. The van der Waals surface area contributed by atoms with Crippen LogP contribution in [-0.4, -0.2) is 42.5 Å². The predicted octanol–water partition coefficient (Wildman–Crippen LogP) is 2.72. The van der Waals surface area contributed by atoms with Crippen molar-refractivity contribution >= 4 is 5.96 Å². The Kier molecular flexibility index (Phi) is 7.75. The van der Waals surface area contributed by atoms with Gasteiger partial charge in [0, 0.05) is 31.8 Å². The van der Waals surface area contributed by atoms with E-state index in [0.29, 0.717) is 0 Å². The summed E-state index contributed by atoms with van der Waals surface area (Å²) in [6, 6.07) is 0. The fraction of sp³-hybridized carbons (Fsp3) is 0.789. The topological polar surface area (TPSA) is 82.7 Å². The third kappa shape index (κ3) is 5.73. The van der Waals surface area contributed by atoms with Crippen molar-refractivity contribution in [1.82, 2.24) is 15.8 Å². The van der Waals surface area contributed by atoms with E-state index in [1.807, 2.05) is 13.8 Å². The molecule has 1 aliphatic rings. The number of aromatic nitrogens is 1. The molecule has 0 aromatic carbocycles. The van der Waals surface area contributed by atoms with Crippen molar-refractivity contribution in [2.24, 2.45) is 10.4 Å². The molecule has 1 aromatic heterocycles. The Labute approximate surface area is 151 Å². The standard InChI is InChI=1S/C19H34N4O2/c1-4-20-18(21-12-8-17-15(2)23-25-16(17)3)22-14-19(11-13-24)9-6-5-7-10-19/h24H,4-14H2,1-3H3,(H2,20,21,22). The Morgan fingerprint density at radius 2 is 2.00 bits per heavy atom. The molecule has 0 aliphatic heterocycles. The Hall–Kier alpha value is -1.56. The number of aryl methyl sites for hydroxylation is 2. The average Bonchev–Trinajstić information content (AvgIpc) is 2.93. The highest BCUT2D eigenvalue weighted by molar-refractivity contribution is 5.79. The molecule has 1 aliphatic carbocycles. The van der Waals surface area contributed by atoms with Crippen molar-refractivity contribution in [2.45, 2.75) is 65.7 Å². The second-order valence-corrected chi connectivity index (χ2v) is 7.21. The lowest BCUT2D eigenvalue weighted by atomic mass is 9.72. The molecular weight excluding hydrogens is 316 g/mol. The zero-order chi connectivity index (χ0) is 18.1. The van der Waals surface area contributed by atoms with E-state index in [4.69, 9.17) is 9.52 Å². The number of nitrogens with one attached hydrogen (secondary N) is 2. The van der Waals surface area contributed by atoms with Gasteiger partial charge < -0.3 is 20.3 Å². The summed E-state index contributed by atoms with van der Waals surface area (Å²) >= 11 is 0. The number of guanidine groups is 1. The Morgan fingerprint density at radius 1 is 1.24 bits per heavy atom. The molecule has 3 N–H and O–H groups in total. The van der Waals surface area contributed by atoms with E-state index in [9.17, 15) is 5.11 Å². The van der Waals surface area contributed by atoms with Gasteiger partial charge in [-0.05, 0) is 51.9 Å². The molecule has 1 aromatic rings. The van der Waals surface area contributed by atoms with Gasteiger partial charge in [-0.15, -0.1) is 0 Å². The van der Waals surface area contributed by atoms with Crippen LogP contribution in [0.4, 0.5) is 0 Å². The molecule has 2 rings (SSSR count). The van der Waals surface area contributed by atoms with E-state index in [2.05, 4.69) is 22.7 Å². The van der Waals surface area contributed by atoms with Gasteiger partial charge in [0.05, 0.1) is 5.69 Å². The van der Waals surface area contributed by atoms with E-state index in [0.717, 1.165) is 49.9 Å². The van der Waals surface area contributed by atoms with E-state index < -0.39 is 0 Å². The van der Waals surface area contributed by atoms with Gasteiger partial charge in [-0.1, -0.05) is 24.4 Å². The zero-order valence-corrected chi connectivity index (χ0v) is 16.0. The van der Waals surface area contributed by atoms with E-state index >= 15 is 0 Å². The van der Waals surface area contributed by atoms with Crippen LogP contribution in [0.25, 0.3) is 0 Å². The summed E-state index contributed by atoms with van der Waals surface area (Å²) in [6.45, 7) is 8.68. The minimum Gasteiger partial charge on any atom is -0.396 e. The van der Waals surface area contributed by atoms with Crippen LogP contribution in [0.15, 0.2) is 9.52 Å². The van der Waals surface area contributed by atoms with E-state index in [-0.39, 0.29) is 12.0 Å². The highest BCUT2D eigenvalue weighted by atomic mass is 16.5. The van der Waals surface area contributed by atoms with Gasteiger partial charge in [-0.3, -0.25) is 4.99 Å². The van der Waals surface area contributed by atoms with Crippen molar-refractivity contribution in [3.05, 3.63) is 17.0 Å². The van der Waals surface area contributed by atoms with E-state index in [1.54, 1.807) is 0 Å². The highest BCUT2D eigenvalue weighted by Gasteiger charge is 2.31. The van der Waals surface area contributed by atoms with Crippen molar-refractivity contribution in [1.29, 1.82) is 0 Å². The summed E-state index contributed by atoms with van der Waals surface area (Å²) in [7, 11) is 0. The number of hydrogen-bond acceptors (Lipinski definition) is 4. The minimum atomic E-state index is 0.178. The van der Waals surface area contributed by atoms with Gasteiger partial charge in [0.2, 0.25) is 0 Å². The van der Waals surface area contributed by atoms with Crippen LogP contribution in [-0.2, 0) is 6.42 Å². The van der Waals surface area contributed by atoms with Crippen LogP contribution in [0, 0.1) is 19.3 Å². The second kappa shape index (κ2) is 9.80. The van der Waals surface area contributed by atoms with Gasteiger partial charge in [0.15, 0.2) is 5.96 Å². The number of hydrogen-bond donors (Lipinski definition) is 3. The zero-order valence-electron chi connectivity index (χ0n) is 16.0. The van der Waals surface area contributed by atoms with Gasteiger partial charge in [-0.2, -0.15) is 0 Å². The van der Waals surface area contributed by atoms with Crippen molar-refractivity contribution in [2.75, 3.05) is 26.2 Å². The molecule has 0 unspecified atom stereocenters. The first-order chi connectivity index (χ1) is 12.1. The minimum absolute atomic E-state index is 0.178. The summed E-state index contributed by atoms with van der Waals surface area (Å²) in [6.07, 6.45) is 7.90. The monoisotopic (exact) mass is 350 g/mol. The molecule has 0 amide bonds. The maximum atomic E-state index is 9.46. The second-order valence-electron chi connectivity index (χ2n) is 7.21. The molecule has 1 heterocycles.